The van der Waals surface area contributed by atoms with Gasteiger partial charge in [-0.05, 0) is 32.2 Å². The Morgan fingerprint density at radius 1 is 1.41 bits per heavy atom. The van der Waals surface area contributed by atoms with Gasteiger partial charge in [-0.15, -0.1) is 11.3 Å². The molecule has 0 amide bonds. The first-order valence-electron chi connectivity index (χ1n) is 8.07. The third kappa shape index (κ3) is 2.83. The highest BCUT2D eigenvalue weighted by Gasteiger charge is 2.22. The second kappa shape index (κ2) is 6.10. The van der Waals surface area contributed by atoms with E-state index in [9.17, 15) is 0 Å². The molecule has 1 unspecified atom stereocenters. The van der Waals surface area contributed by atoms with Crippen molar-refractivity contribution in [1.29, 1.82) is 0 Å². The molecule has 2 aliphatic heterocycles. The molecule has 118 valence electrons. The third-order valence-electron chi connectivity index (χ3n) is 4.59. The molecule has 4 heterocycles. The van der Waals surface area contributed by atoms with E-state index >= 15 is 0 Å². The molecule has 0 bridgehead atoms. The lowest BCUT2D eigenvalue weighted by Gasteiger charge is -2.18. The van der Waals surface area contributed by atoms with Crippen LogP contribution in [-0.4, -0.2) is 32.8 Å². The number of aryl methyl sites for hydroxylation is 1. The molecule has 1 atom stereocenters. The smallest absolute Gasteiger partial charge is 0.122 e. The minimum atomic E-state index is 0.243. The lowest BCUT2D eigenvalue weighted by atomic mass is 10.2. The maximum Gasteiger partial charge on any atom is 0.122 e. The van der Waals surface area contributed by atoms with Crippen molar-refractivity contribution in [2.45, 2.75) is 44.9 Å². The highest BCUT2D eigenvalue weighted by atomic mass is 32.1. The quantitative estimate of drug-likeness (QED) is 0.873. The lowest BCUT2D eigenvalue weighted by Crippen LogP contribution is -2.22. The number of rotatable bonds is 3. The maximum atomic E-state index is 5.73. The first-order chi connectivity index (χ1) is 10.8. The van der Waals surface area contributed by atoms with Gasteiger partial charge in [-0.1, -0.05) is 0 Å². The van der Waals surface area contributed by atoms with Crippen molar-refractivity contribution >= 4 is 11.3 Å². The highest BCUT2D eigenvalue weighted by molar-refractivity contribution is 7.09. The van der Waals surface area contributed by atoms with Crippen LogP contribution in [-0.2, 0) is 31.3 Å². The van der Waals surface area contributed by atoms with Gasteiger partial charge in [0.15, 0.2) is 0 Å². The van der Waals surface area contributed by atoms with E-state index in [0.717, 1.165) is 50.5 Å². The Bertz CT molecular complexity index is 644. The molecule has 0 N–H and O–H groups in total. The van der Waals surface area contributed by atoms with Crippen LogP contribution in [0, 0.1) is 0 Å². The summed E-state index contributed by atoms with van der Waals surface area (Å²) in [5.41, 5.74) is 3.94. The average molecular weight is 318 g/mol. The van der Waals surface area contributed by atoms with E-state index in [1.807, 2.05) is 17.9 Å². The summed E-state index contributed by atoms with van der Waals surface area (Å²) in [6.07, 6.45) is 6.86. The molecule has 1 saturated heterocycles. The molecule has 5 nitrogen and oxygen atoms in total. The van der Waals surface area contributed by atoms with Gasteiger partial charge in [0, 0.05) is 43.4 Å². The molecule has 0 spiro atoms. The van der Waals surface area contributed by atoms with E-state index in [0.29, 0.717) is 0 Å². The summed E-state index contributed by atoms with van der Waals surface area (Å²) in [6.45, 7) is 3.92. The number of nitrogens with zero attached hydrogens (tertiary/aromatic N) is 4. The van der Waals surface area contributed by atoms with Crippen LogP contribution in [0.3, 0.4) is 0 Å². The lowest BCUT2D eigenvalue weighted by molar-refractivity contribution is 0.111. The van der Waals surface area contributed by atoms with Crippen LogP contribution < -0.4 is 0 Å². The van der Waals surface area contributed by atoms with Crippen molar-refractivity contribution in [3.8, 4) is 0 Å². The first kappa shape index (κ1) is 14.4. The van der Waals surface area contributed by atoms with Gasteiger partial charge in [-0.2, -0.15) is 5.10 Å². The molecule has 0 radical (unpaired) electrons. The molecule has 4 rings (SSSR count). The Balaban J connectivity index is 1.44. The van der Waals surface area contributed by atoms with Crippen molar-refractivity contribution in [3.63, 3.8) is 0 Å². The summed E-state index contributed by atoms with van der Waals surface area (Å²) >= 11 is 1.75. The molecular weight excluding hydrogens is 296 g/mol. The molecule has 2 aromatic rings. The van der Waals surface area contributed by atoms with Gasteiger partial charge in [0.05, 0.1) is 11.9 Å². The van der Waals surface area contributed by atoms with Crippen molar-refractivity contribution < 1.29 is 4.74 Å². The zero-order chi connectivity index (χ0) is 14.9. The summed E-state index contributed by atoms with van der Waals surface area (Å²) < 4.78 is 7.76. The SMILES string of the molecule is Cn1ncc2c1CCCN(Cc1csc(C3CCCO3)n1)C2. The Kier molecular flexibility index (Phi) is 3.98. The van der Waals surface area contributed by atoms with E-state index in [2.05, 4.69) is 15.4 Å². The Labute approximate surface area is 134 Å². The predicted octanol–water partition coefficient (Wildman–Crippen LogP) is 2.68. The van der Waals surface area contributed by atoms with E-state index in [1.54, 1.807) is 11.3 Å². The Morgan fingerprint density at radius 2 is 2.36 bits per heavy atom. The van der Waals surface area contributed by atoms with Gasteiger partial charge >= 0.3 is 0 Å². The summed E-state index contributed by atoms with van der Waals surface area (Å²) in [7, 11) is 2.04. The molecule has 0 aliphatic carbocycles. The molecule has 0 aromatic carbocycles. The minimum absolute atomic E-state index is 0.243. The van der Waals surface area contributed by atoms with Crippen LogP contribution in [0.4, 0.5) is 0 Å². The fourth-order valence-electron chi connectivity index (χ4n) is 3.43. The zero-order valence-electron chi connectivity index (χ0n) is 13.0. The first-order valence-corrected chi connectivity index (χ1v) is 8.95. The molecule has 0 saturated carbocycles. The largest absolute Gasteiger partial charge is 0.371 e. The molecular formula is C16H22N4OS. The third-order valence-corrected chi connectivity index (χ3v) is 5.58. The minimum Gasteiger partial charge on any atom is -0.371 e. The number of fused-ring (bicyclic) bond motifs is 1. The van der Waals surface area contributed by atoms with Crippen LogP contribution in [0.1, 0.15) is 47.3 Å². The van der Waals surface area contributed by atoms with Gasteiger partial charge in [0.1, 0.15) is 11.1 Å². The van der Waals surface area contributed by atoms with Gasteiger partial charge in [-0.3, -0.25) is 9.58 Å². The van der Waals surface area contributed by atoms with E-state index < -0.39 is 0 Å². The molecule has 2 aliphatic rings. The molecule has 2 aromatic heterocycles. The van der Waals surface area contributed by atoms with Gasteiger partial charge in [0.25, 0.3) is 0 Å². The van der Waals surface area contributed by atoms with Crippen molar-refractivity contribution in [2.75, 3.05) is 13.2 Å². The van der Waals surface area contributed by atoms with E-state index in [-0.39, 0.29) is 6.10 Å². The van der Waals surface area contributed by atoms with Crippen molar-refractivity contribution in [1.82, 2.24) is 19.7 Å². The second-order valence-electron chi connectivity index (χ2n) is 6.23. The normalized spacial score (nSPS) is 22.7. The van der Waals surface area contributed by atoms with Gasteiger partial charge < -0.3 is 4.74 Å². The van der Waals surface area contributed by atoms with Crippen LogP contribution in [0.2, 0.25) is 0 Å². The van der Waals surface area contributed by atoms with Crippen LogP contribution in [0.25, 0.3) is 0 Å². The highest BCUT2D eigenvalue weighted by Crippen LogP contribution is 2.31. The summed E-state index contributed by atoms with van der Waals surface area (Å²) in [5.74, 6) is 0. The number of hydrogen-bond acceptors (Lipinski definition) is 5. The van der Waals surface area contributed by atoms with Crippen LogP contribution >= 0.6 is 11.3 Å². The summed E-state index contributed by atoms with van der Waals surface area (Å²) in [6, 6.07) is 0. The second-order valence-corrected chi connectivity index (χ2v) is 7.12. The topological polar surface area (TPSA) is 43.2 Å². The zero-order valence-corrected chi connectivity index (χ0v) is 13.8. The van der Waals surface area contributed by atoms with Crippen LogP contribution in [0.15, 0.2) is 11.6 Å². The molecule has 22 heavy (non-hydrogen) atoms. The van der Waals surface area contributed by atoms with Crippen molar-refractivity contribution in [3.05, 3.63) is 33.5 Å². The molecule has 1 fully saturated rings. The molecule has 6 heteroatoms. The number of ether oxygens (including phenoxy) is 1. The van der Waals surface area contributed by atoms with Crippen LogP contribution in [0.5, 0.6) is 0 Å². The van der Waals surface area contributed by atoms with E-state index in [4.69, 9.17) is 9.72 Å². The predicted molar refractivity (Wildman–Crippen MR) is 85.7 cm³/mol. The number of aromatic nitrogens is 3. The number of hydrogen-bond donors (Lipinski definition) is 0. The van der Waals surface area contributed by atoms with Crippen molar-refractivity contribution in [2.24, 2.45) is 7.05 Å². The number of thiazole rings is 1. The Morgan fingerprint density at radius 3 is 3.23 bits per heavy atom. The fraction of sp³-hybridized carbons (Fsp3) is 0.625. The summed E-state index contributed by atoms with van der Waals surface area (Å²) in [4.78, 5) is 7.30. The monoisotopic (exact) mass is 318 g/mol. The fourth-order valence-corrected chi connectivity index (χ4v) is 4.32. The average Bonchev–Trinajstić information content (AvgIpc) is 3.21. The van der Waals surface area contributed by atoms with Gasteiger partial charge in [0.2, 0.25) is 0 Å². The summed E-state index contributed by atoms with van der Waals surface area (Å²) in [5, 5.41) is 7.76. The van der Waals surface area contributed by atoms with Gasteiger partial charge in [-0.25, -0.2) is 4.98 Å². The maximum absolute atomic E-state index is 5.73. The standard InChI is InChI=1S/C16H22N4OS/c1-19-14-4-2-6-20(9-12(14)8-17-19)10-13-11-22-16(18-13)15-5-3-7-21-15/h8,11,15H,2-7,9-10H2,1H3. The van der Waals surface area contributed by atoms with E-state index in [1.165, 1.54) is 23.4 Å². The Hall–Kier alpha value is -1.24.